The van der Waals surface area contributed by atoms with E-state index in [0.29, 0.717) is 12.2 Å². The lowest BCUT2D eigenvalue weighted by Crippen LogP contribution is -2.11. The Kier molecular flexibility index (Phi) is 5.68. The van der Waals surface area contributed by atoms with Gasteiger partial charge < -0.3 is 4.98 Å². The lowest BCUT2D eigenvalue weighted by Gasteiger charge is -2.05. The Morgan fingerprint density at radius 2 is 1.26 bits per heavy atom. The number of nitrogens with zero attached hydrogens (tertiary/aromatic N) is 2. The molecule has 0 spiro atoms. The van der Waals surface area contributed by atoms with Crippen molar-refractivity contribution in [1.29, 1.82) is 0 Å². The molecule has 35 heavy (non-hydrogen) atoms. The number of imidazole rings is 1. The van der Waals surface area contributed by atoms with Crippen LogP contribution in [0.15, 0.2) is 114 Å². The van der Waals surface area contributed by atoms with Gasteiger partial charge in [-0.2, -0.15) is 0 Å². The van der Waals surface area contributed by atoms with E-state index in [0.717, 1.165) is 49.5 Å². The molecule has 4 aromatic carbocycles. The van der Waals surface area contributed by atoms with Crippen LogP contribution in [0.4, 0.5) is 0 Å². The van der Waals surface area contributed by atoms with Crippen LogP contribution in [0.25, 0.3) is 44.3 Å². The van der Waals surface area contributed by atoms with Crippen molar-refractivity contribution in [2.24, 2.45) is 0 Å². The molecule has 0 unspecified atom stereocenters. The third-order valence-corrected chi connectivity index (χ3v) is 7.05. The topological polar surface area (TPSA) is 50.7 Å². The second-order valence-electron chi connectivity index (χ2n) is 8.36. The van der Waals surface area contributed by atoms with Crippen molar-refractivity contribution >= 4 is 39.5 Å². The molecular weight excluding hydrogens is 450 g/mol. The molecule has 0 saturated carbocycles. The zero-order valence-electron chi connectivity index (χ0n) is 19.0. The highest BCUT2D eigenvalue weighted by atomic mass is 32.2. The Morgan fingerprint density at radius 3 is 1.89 bits per heavy atom. The fraction of sp³-hybridized carbons (Fsp3) is 0.0667. The predicted octanol–water partition coefficient (Wildman–Crippen LogP) is 7.67. The molecule has 170 valence electrons. The Hall–Kier alpha value is -4.09. The van der Waals surface area contributed by atoms with Crippen molar-refractivity contribution in [2.75, 3.05) is 5.75 Å². The number of carbonyl (C=O) groups is 1. The lowest BCUT2D eigenvalue weighted by atomic mass is 10.1. The van der Waals surface area contributed by atoms with E-state index >= 15 is 0 Å². The second-order valence-corrected chi connectivity index (χ2v) is 9.44. The number of aromatic amines is 1. The van der Waals surface area contributed by atoms with Crippen molar-refractivity contribution in [3.63, 3.8) is 0 Å². The van der Waals surface area contributed by atoms with Gasteiger partial charge in [-0.25, -0.2) is 4.98 Å². The van der Waals surface area contributed by atoms with E-state index in [9.17, 15) is 4.79 Å². The molecule has 1 N–H and O–H groups in total. The van der Waals surface area contributed by atoms with Gasteiger partial charge in [-0.1, -0.05) is 109 Å². The van der Waals surface area contributed by atoms with Gasteiger partial charge in [0.2, 0.25) is 5.91 Å². The number of hydrogen-bond acceptors (Lipinski definition) is 3. The first kappa shape index (κ1) is 21.4. The summed E-state index contributed by atoms with van der Waals surface area (Å²) in [5, 5.41) is 3.03. The highest BCUT2D eigenvalue weighted by Gasteiger charge is 2.17. The van der Waals surface area contributed by atoms with E-state index in [4.69, 9.17) is 4.98 Å². The van der Waals surface area contributed by atoms with Crippen molar-refractivity contribution in [3.05, 3.63) is 109 Å². The molecule has 0 bridgehead atoms. The van der Waals surface area contributed by atoms with Crippen LogP contribution in [-0.2, 0) is 0 Å². The van der Waals surface area contributed by atoms with Crippen molar-refractivity contribution in [2.45, 2.75) is 11.6 Å². The second kappa shape index (κ2) is 9.28. The molecule has 0 saturated heterocycles. The normalized spacial score (nSPS) is 11.3. The number of para-hydroxylation sites is 2. The standard InChI is InChI=1S/C30H23N3OS/c34-27(33-25-17-9-7-15-23(25)24-16-8-10-18-26(24)33)19-20-35-30-31-28(21-11-3-1-4-12-21)29(32-30)22-13-5-2-6-14-22/h1-18H,19-20H2,(H,31,32). The highest BCUT2D eigenvalue weighted by Crippen LogP contribution is 2.33. The summed E-state index contributed by atoms with van der Waals surface area (Å²) < 4.78 is 1.86. The van der Waals surface area contributed by atoms with E-state index in [1.54, 1.807) is 11.8 Å². The molecule has 0 aliphatic heterocycles. The molecule has 6 aromatic rings. The number of rotatable bonds is 6. The summed E-state index contributed by atoms with van der Waals surface area (Å²) in [6.45, 7) is 0. The van der Waals surface area contributed by atoms with E-state index < -0.39 is 0 Å². The van der Waals surface area contributed by atoms with Crippen LogP contribution in [0, 0.1) is 0 Å². The first-order valence-corrected chi connectivity index (χ1v) is 12.6. The van der Waals surface area contributed by atoms with Crippen LogP contribution >= 0.6 is 11.8 Å². The number of aromatic nitrogens is 3. The van der Waals surface area contributed by atoms with Crippen molar-refractivity contribution in [3.8, 4) is 22.5 Å². The number of nitrogens with one attached hydrogen (secondary N) is 1. The van der Waals surface area contributed by atoms with Crippen molar-refractivity contribution in [1.82, 2.24) is 14.5 Å². The third kappa shape index (κ3) is 4.04. The quantitative estimate of drug-likeness (QED) is 0.252. The molecule has 5 heteroatoms. The lowest BCUT2D eigenvalue weighted by molar-refractivity contribution is 0.0920. The van der Waals surface area contributed by atoms with E-state index in [2.05, 4.69) is 41.4 Å². The average Bonchev–Trinajstić information content (AvgIpc) is 3.49. The van der Waals surface area contributed by atoms with Crippen LogP contribution in [0.2, 0.25) is 0 Å². The molecule has 0 amide bonds. The summed E-state index contributed by atoms with van der Waals surface area (Å²) >= 11 is 1.58. The summed E-state index contributed by atoms with van der Waals surface area (Å²) in [5.74, 6) is 0.725. The molecule has 0 aliphatic carbocycles. The summed E-state index contributed by atoms with van der Waals surface area (Å²) in [6.07, 6.45) is 0.412. The zero-order valence-corrected chi connectivity index (χ0v) is 19.8. The SMILES string of the molecule is O=C(CCSc1nc(-c2ccccc2)c(-c2ccccc2)[nH]1)n1c2ccccc2c2ccccc21. The van der Waals surface area contributed by atoms with Gasteiger partial charge in [0.05, 0.1) is 22.4 Å². The Labute approximate surface area is 207 Å². The molecule has 0 aliphatic rings. The number of carbonyl (C=O) groups excluding carboxylic acids is 1. The molecule has 0 fully saturated rings. The maximum absolute atomic E-state index is 13.4. The monoisotopic (exact) mass is 473 g/mol. The fourth-order valence-corrected chi connectivity index (χ4v) is 5.38. The number of thioether (sulfide) groups is 1. The minimum Gasteiger partial charge on any atom is -0.332 e. The van der Waals surface area contributed by atoms with Gasteiger partial charge in [-0.05, 0) is 12.1 Å². The van der Waals surface area contributed by atoms with Gasteiger partial charge in [0.15, 0.2) is 5.16 Å². The number of H-pyrrole nitrogens is 1. The van der Waals surface area contributed by atoms with Gasteiger partial charge in [-0.3, -0.25) is 9.36 Å². The molecule has 4 nitrogen and oxygen atoms in total. The number of benzene rings is 4. The van der Waals surface area contributed by atoms with Crippen molar-refractivity contribution < 1.29 is 4.79 Å². The van der Waals surface area contributed by atoms with Gasteiger partial charge in [-0.15, -0.1) is 0 Å². The molecule has 0 atom stereocenters. The van der Waals surface area contributed by atoms with Gasteiger partial charge in [0.25, 0.3) is 0 Å². The van der Waals surface area contributed by atoms with E-state index in [1.165, 1.54) is 0 Å². The Balaban J connectivity index is 1.26. The zero-order chi connectivity index (χ0) is 23.6. The van der Waals surface area contributed by atoms with Crippen LogP contribution in [-0.4, -0.2) is 26.2 Å². The molecular formula is C30H23N3OS. The molecule has 2 aromatic heterocycles. The fourth-order valence-electron chi connectivity index (χ4n) is 4.58. The first-order chi connectivity index (χ1) is 17.3. The summed E-state index contributed by atoms with van der Waals surface area (Å²) in [7, 11) is 0. The molecule has 0 radical (unpaired) electrons. The third-order valence-electron chi connectivity index (χ3n) is 6.18. The van der Waals surface area contributed by atoms with Crippen LogP contribution in [0.1, 0.15) is 11.2 Å². The predicted molar refractivity (Wildman–Crippen MR) is 145 cm³/mol. The maximum Gasteiger partial charge on any atom is 0.232 e. The Bertz CT molecular complexity index is 1520. The largest absolute Gasteiger partial charge is 0.332 e. The highest BCUT2D eigenvalue weighted by molar-refractivity contribution is 7.99. The molecule has 6 rings (SSSR count). The smallest absolute Gasteiger partial charge is 0.232 e. The first-order valence-electron chi connectivity index (χ1n) is 11.6. The van der Waals surface area contributed by atoms with Gasteiger partial charge in [0, 0.05) is 34.1 Å². The van der Waals surface area contributed by atoms with Gasteiger partial charge in [0.1, 0.15) is 0 Å². The van der Waals surface area contributed by atoms with E-state index in [1.807, 2.05) is 77.4 Å². The summed E-state index contributed by atoms with van der Waals surface area (Å²) in [6, 6.07) is 36.6. The minimum atomic E-state index is 0.0908. The number of fused-ring (bicyclic) bond motifs is 3. The van der Waals surface area contributed by atoms with Crippen LogP contribution in [0.5, 0.6) is 0 Å². The average molecular weight is 474 g/mol. The van der Waals surface area contributed by atoms with Gasteiger partial charge >= 0.3 is 0 Å². The summed E-state index contributed by atoms with van der Waals surface area (Å²) in [4.78, 5) is 21.8. The number of hydrogen-bond donors (Lipinski definition) is 1. The Morgan fingerprint density at radius 1 is 0.714 bits per heavy atom. The molecule has 2 heterocycles. The summed E-state index contributed by atoms with van der Waals surface area (Å²) in [5.41, 5.74) is 5.99. The van der Waals surface area contributed by atoms with Crippen LogP contribution in [0.3, 0.4) is 0 Å². The minimum absolute atomic E-state index is 0.0908. The van der Waals surface area contributed by atoms with Crippen LogP contribution < -0.4 is 0 Å². The van der Waals surface area contributed by atoms with E-state index in [-0.39, 0.29) is 5.91 Å². The maximum atomic E-state index is 13.4.